The van der Waals surface area contributed by atoms with E-state index in [-0.39, 0.29) is 5.82 Å². The van der Waals surface area contributed by atoms with Crippen molar-refractivity contribution in [1.82, 2.24) is 4.98 Å². The van der Waals surface area contributed by atoms with Crippen LogP contribution in [0.25, 0.3) is 0 Å². The highest BCUT2D eigenvalue weighted by atomic mass is 16.6. The van der Waals surface area contributed by atoms with E-state index in [1.165, 1.54) is 25.3 Å². The lowest BCUT2D eigenvalue weighted by Crippen LogP contribution is -2.25. The second-order valence-electron chi connectivity index (χ2n) is 2.87. The summed E-state index contributed by atoms with van der Waals surface area (Å²) in [6.45, 7) is 1.46. The van der Waals surface area contributed by atoms with Gasteiger partial charge in [-0.2, -0.15) is 0 Å². The molecule has 0 aromatic carbocycles. The molecule has 1 aromatic rings. The average molecular weight is 211 g/mol. The minimum atomic E-state index is -1.01. The summed E-state index contributed by atoms with van der Waals surface area (Å²) in [5.41, 5.74) is 0.426. The lowest BCUT2D eigenvalue weighted by Gasteiger charge is -2.08. The topological polar surface area (TPSA) is 105 Å². The van der Waals surface area contributed by atoms with Crippen molar-refractivity contribution in [3.8, 4) is 0 Å². The summed E-state index contributed by atoms with van der Waals surface area (Å²) in [7, 11) is 0. The van der Waals surface area contributed by atoms with Crippen LogP contribution in [0.1, 0.15) is 6.92 Å². The number of carboxylic acids is 1. The van der Waals surface area contributed by atoms with Crippen molar-refractivity contribution in [3.63, 3.8) is 0 Å². The van der Waals surface area contributed by atoms with Gasteiger partial charge in [-0.25, -0.2) is 0 Å². The number of carbonyl (C=O) groups is 1. The third-order valence-corrected chi connectivity index (χ3v) is 1.69. The van der Waals surface area contributed by atoms with Crippen molar-refractivity contribution in [3.05, 3.63) is 28.4 Å². The van der Waals surface area contributed by atoms with Crippen molar-refractivity contribution in [2.75, 3.05) is 5.32 Å². The van der Waals surface area contributed by atoms with E-state index in [2.05, 4.69) is 10.3 Å². The summed E-state index contributed by atoms with van der Waals surface area (Å²) in [5.74, 6) is -1.28. The van der Waals surface area contributed by atoms with Gasteiger partial charge in [0.15, 0.2) is 6.20 Å². The number of rotatable bonds is 4. The molecule has 1 atom stereocenters. The van der Waals surface area contributed by atoms with Gasteiger partial charge in [-0.05, 0) is 22.9 Å². The molecule has 0 fully saturated rings. The van der Waals surface area contributed by atoms with Gasteiger partial charge in [0.25, 0.3) is 0 Å². The number of hydrogen-bond acceptors (Lipinski definition) is 5. The van der Waals surface area contributed by atoms with E-state index in [0.717, 1.165) is 0 Å². The highest BCUT2D eigenvalue weighted by Crippen LogP contribution is 2.12. The van der Waals surface area contributed by atoms with Crippen LogP contribution in [0.2, 0.25) is 0 Å². The molecule has 0 aliphatic rings. The van der Waals surface area contributed by atoms with Crippen LogP contribution in [0.5, 0.6) is 0 Å². The summed E-state index contributed by atoms with van der Waals surface area (Å²) < 4.78 is 0. The molecule has 1 unspecified atom stereocenters. The lowest BCUT2D eigenvalue weighted by molar-refractivity contribution is -0.389. The van der Waals surface area contributed by atoms with Gasteiger partial charge in [0, 0.05) is 6.07 Å². The summed E-state index contributed by atoms with van der Waals surface area (Å²) in [6, 6.07) is 1.84. The molecule has 0 aliphatic carbocycles. The predicted molar refractivity (Wildman–Crippen MR) is 51.6 cm³/mol. The van der Waals surface area contributed by atoms with Gasteiger partial charge in [-0.1, -0.05) is 0 Å². The maximum Gasteiger partial charge on any atom is 0.363 e. The number of carboxylic acid groups (broad SMARTS) is 1. The average Bonchev–Trinajstić information content (AvgIpc) is 2.18. The molecule has 0 bridgehead atoms. The molecule has 0 aliphatic heterocycles. The fraction of sp³-hybridized carbons (Fsp3) is 0.250. The first-order valence-corrected chi connectivity index (χ1v) is 4.10. The second kappa shape index (κ2) is 4.36. The van der Waals surface area contributed by atoms with E-state index in [0.29, 0.717) is 5.69 Å². The van der Waals surface area contributed by atoms with Crippen molar-refractivity contribution in [2.45, 2.75) is 13.0 Å². The molecule has 80 valence electrons. The van der Waals surface area contributed by atoms with Gasteiger partial charge < -0.3 is 20.5 Å². The molecule has 1 rings (SSSR count). The molecule has 7 heteroatoms. The van der Waals surface area contributed by atoms with Crippen molar-refractivity contribution in [2.24, 2.45) is 0 Å². The zero-order chi connectivity index (χ0) is 11.4. The van der Waals surface area contributed by atoms with Crippen LogP contribution in [0.4, 0.5) is 11.5 Å². The third kappa shape index (κ3) is 2.90. The van der Waals surface area contributed by atoms with Crippen molar-refractivity contribution < 1.29 is 14.8 Å². The molecule has 0 saturated carbocycles. The fourth-order valence-corrected chi connectivity index (χ4v) is 0.891. The highest BCUT2D eigenvalue weighted by Gasteiger charge is 2.12. The molecule has 15 heavy (non-hydrogen) atoms. The lowest BCUT2D eigenvalue weighted by atomic mass is 10.3. The predicted octanol–water partition coefficient (Wildman–Crippen LogP) is 0.875. The number of nitrogens with one attached hydrogen (secondary N) is 1. The summed E-state index contributed by atoms with van der Waals surface area (Å²) in [5, 5.41) is 21.5. The van der Waals surface area contributed by atoms with Gasteiger partial charge in [-0.15, -0.1) is 0 Å². The van der Waals surface area contributed by atoms with Crippen LogP contribution in [-0.4, -0.2) is 27.0 Å². The zero-order valence-electron chi connectivity index (χ0n) is 7.88. The van der Waals surface area contributed by atoms with E-state index >= 15 is 0 Å². The molecule has 1 heterocycles. The summed E-state index contributed by atoms with van der Waals surface area (Å²) >= 11 is 0. The zero-order valence-corrected chi connectivity index (χ0v) is 7.88. The summed E-state index contributed by atoms with van der Waals surface area (Å²) in [4.78, 5) is 23.7. The Bertz CT molecular complexity index is 376. The van der Waals surface area contributed by atoms with Gasteiger partial charge in [0.2, 0.25) is 0 Å². The number of aliphatic carboxylic acids is 1. The molecule has 2 N–H and O–H groups in total. The molecular weight excluding hydrogens is 202 g/mol. The maximum absolute atomic E-state index is 10.5. The maximum atomic E-state index is 10.5. The van der Waals surface area contributed by atoms with E-state index in [9.17, 15) is 14.9 Å². The van der Waals surface area contributed by atoms with Gasteiger partial charge in [0.05, 0.1) is 5.69 Å². The molecular formula is C8H9N3O4. The Morgan fingerprint density at radius 3 is 2.73 bits per heavy atom. The normalized spacial score (nSPS) is 11.8. The van der Waals surface area contributed by atoms with Crippen LogP contribution in [-0.2, 0) is 4.79 Å². The quantitative estimate of drug-likeness (QED) is 0.565. The molecule has 0 amide bonds. The van der Waals surface area contributed by atoms with E-state index in [4.69, 9.17) is 5.11 Å². The number of anilines is 1. The van der Waals surface area contributed by atoms with Gasteiger partial charge in [-0.3, -0.25) is 4.79 Å². The third-order valence-electron chi connectivity index (χ3n) is 1.69. The molecule has 0 saturated heterocycles. The molecule has 1 aromatic heterocycles. The standard InChI is InChI=1S/C8H9N3O4/c1-5(8(12)13)10-6-2-3-7(9-4-6)11(14)15/h2-5,10H,1H3,(H,12,13). The van der Waals surface area contributed by atoms with Crippen molar-refractivity contribution in [1.29, 1.82) is 0 Å². The SMILES string of the molecule is CC(Nc1ccc([N+](=O)[O-])nc1)C(=O)O. The number of aromatic nitrogens is 1. The number of nitro groups is 1. The highest BCUT2D eigenvalue weighted by molar-refractivity contribution is 5.76. The molecule has 7 nitrogen and oxygen atoms in total. The fourth-order valence-electron chi connectivity index (χ4n) is 0.891. The minimum absolute atomic E-state index is 0.275. The minimum Gasteiger partial charge on any atom is -0.480 e. The van der Waals surface area contributed by atoms with E-state index < -0.39 is 16.9 Å². The Labute approximate surface area is 84.9 Å². The molecule has 0 radical (unpaired) electrons. The first-order chi connectivity index (χ1) is 7.00. The first-order valence-electron chi connectivity index (χ1n) is 4.10. The Morgan fingerprint density at radius 2 is 2.33 bits per heavy atom. The van der Waals surface area contributed by atoms with Crippen LogP contribution in [0.15, 0.2) is 18.3 Å². The largest absolute Gasteiger partial charge is 0.480 e. The van der Waals surface area contributed by atoms with Gasteiger partial charge >= 0.3 is 11.8 Å². The van der Waals surface area contributed by atoms with E-state index in [1.807, 2.05) is 0 Å². The second-order valence-corrected chi connectivity index (χ2v) is 2.87. The van der Waals surface area contributed by atoms with Gasteiger partial charge in [0.1, 0.15) is 6.04 Å². The Hall–Kier alpha value is -2.18. The molecule has 0 spiro atoms. The Kier molecular flexibility index (Phi) is 3.17. The summed E-state index contributed by atoms with van der Waals surface area (Å²) in [6.07, 6.45) is 1.22. The monoisotopic (exact) mass is 211 g/mol. The van der Waals surface area contributed by atoms with E-state index in [1.54, 1.807) is 0 Å². The van der Waals surface area contributed by atoms with Crippen molar-refractivity contribution >= 4 is 17.5 Å². The smallest absolute Gasteiger partial charge is 0.363 e. The Morgan fingerprint density at radius 1 is 1.67 bits per heavy atom. The Balaban J connectivity index is 2.72. The number of hydrogen-bond donors (Lipinski definition) is 2. The van der Waals surface area contributed by atoms with Crippen LogP contribution in [0, 0.1) is 10.1 Å². The number of nitrogens with zero attached hydrogens (tertiary/aromatic N) is 2. The number of pyridine rings is 1. The van der Waals surface area contributed by atoms with Crippen LogP contribution in [0.3, 0.4) is 0 Å². The first kappa shape index (κ1) is 10.9. The van der Waals surface area contributed by atoms with Crippen LogP contribution >= 0.6 is 0 Å². The van der Waals surface area contributed by atoms with Crippen LogP contribution < -0.4 is 5.32 Å².